The van der Waals surface area contributed by atoms with Crippen molar-refractivity contribution in [2.24, 2.45) is 0 Å². The second-order valence-electron chi connectivity index (χ2n) is 6.50. The average molecular weight is 280 g/mol. The molecule has 20 heavy (non-hydrogen) atoms. The maximum absolute atomic E-state index is 8.70. The predicted molar refractivity (Wildman–Crippen MR) is 89.0 cm³/mol. The van der Waals surface area contributed by atoms with Crippen LogP contribution in [0.25, 0.3) is 0 Å². The molecule has 118 valence electrons. The summed E-state index contributed by atoms with van der Waals surface area (Å²) in [6.07, 6.45) is 20.4. The molecule has 0 spiro atoms. The topological polar surface area (TPSA) is 20.2 Å². The van der Waals surface area contributed by atoms with E-state index in [0.29, 0.717) is 6.61 Å². The van der Waals surface area contributed by atoms with Crippen molar-refractivity contribution in [3.8, 4) is 0 Å². The number of rotatable bonds is 15. The van der Waals surface area contributed by atoms with Crippen molar-refractivity contribution in [2.75, 3.05) is 6.61 Å². The Morgan fingerprint density at radius 2 is 1.10 bits per heavy atom. The van der Waals surface area contributed by atoms with E-state index in [-0.39, 0.29) is 0 Å². The third-order valence-electron chi connectivity index (χ3n) is 4.52. The van der Waals surface area contributed by atoms with Gasteiger partial charge in [0.2, 0.25) is 0 Å². The molecule has 0 aromatic carbocycles. The van der Waals surface area contributed by atoms with Gasteiger partial charge in [0.15, 0.2) is 0 Å². The number of hydrogen-bond acceptors (Lipinski definition) is 1. The molecule has 1 aliphatic carbocycles. The highest BCUT2D eigenvalue weighted by atomic mass is 16.2. The Labute approximate surface area is 126 Å². The van der Waals surface area contributed by atoms with Crippen molar-refractivity contribution in [3.05, 3.63) is 11.1 Å². The predicted octanol–water partition coefficient (Wildman–Crippen LogP) is 6.16. The SMILES string of the molecule is CCCCCCCCC1=C(CCCCCCCCO)C1. The molecular formula is C19H36O. The summed E-state index contributed by atoms with van der Waals surface area (Å²) < 4.78 is 0. The molecule has 0 fully saturated rings. The summed E-state index contributed by atoms with van der Waals surface area (Å²) in [6.45, 7) is 2.66. The van der Waals surface area contributed by atoms with Gasteiger partial charge in [-0.3, -0.25) is 0 Å². The van der Waals surface area contributed by atoms with Crippen molar-refractivity contribution in [1.29, 1.82) is 0 Å². The van der Waals surface area contributed by atoms with E-state index in [1.165, 1.54) is 89.9 Å². The summed E-state index contributed by atoms with van der Waals surface area (Å²) >= 11 is 0. The van der Waals surface area contributed by atoms with Crippen molar-refractivity contribution in [3.63, 3.8) is 0 Å². The smallest absolute Gasteiger partial charge is 0.0431 e. The maximum atomic E-state index is 8.70. The van der Waals surface area contributed by atoms with Crippen LogP contribution in [0, 0.1) is 0 Å². The van der Waals surface area contributed by atoms with Gasteiger partial charge in [-0.25, -0.2) is 0 Å². The van der Waals surface area contributed by atoms with Gasteiger partial charge in [-0.1, -0.05) is 75.9 Å². The molecule has 1 aliphatic rings. The van der Waals surface area contributed by atoms with Gasteiger partial charge in [0.05, 0.1) is 0 Å². The largest absolute Gasteiger partial charge is 0.396 e. The lowest BCUT2D eigenvalue weighted by Gasteiger charge is -1.99. The van der Waals surface area contributed by atoms with Gasteiger partial charge < -0.3 is 5.11 Å². The zero-order chi connectivity index (χ0) is 14.5. The van der Waals surface area contributed by atoms with Crippen molar-refractivity contribution in [1.82, 2.24) is 0 Å². The second kappa shape index (κ2) is 12.4. The Balaban J connectivity index is 1.82. The number of unbranched alkanes of at least 4 members (excludes halogenated alkanes) is 10. The minimum Gasteiger partial charge on any atom is -0.396 e. The van der Waals surface area contributed by atoms with Gasteiger partial charge in [0, 0.05) is 6.61 Å². The van der Waals surface area contributed by atoms with Crippen LogP contribution >= 0.6 is 0 Å². The summed E-state index contributed by atoms with van der Waals surface area (Å²) in [5.41, 5.74) is 3.61. The molecule has 0 aromatic rings. The summed E-state index contributed by atoms with van der Waals surface area (Å²) in [6, 6.07) is 0. The standard InChI is InChI=1S/C19H36O/c1-2-3-4-5-8-11-14-18-17-19(18)15-12-9-6-7-10-13-16-20/h20H,2-17H2,1H3. The van der Waals surface area contributed by atoms with E-state index >= 15 is 0 Å². The molecule has 0 saturated carbocycles. The molecule has 0 atom stereocenters. The van der Waals surface area contributed by atoms with E-state index < -0.39 is 0 Å². The number of aliphatic hydroxyl groups is 1. The fourth-order valence-electron chi connectivity index (χ4n) is 3.02. The van der Waals surface area contributed by atoms with Crippen LogP contribution in [-0.4, -0.2) is 11.7 Å². The molecule has 0 heterocycles. The normalized spacial score (nSPS) is 14.1. The minimum absolute atomic E-state index is 0.370. The monoisotopic (exact) mass is 280 g/mol. The average Bonchev–Trinajstić information content (AvgIpc) is 3.20. The Hall–Kier alpha value is -0.300. The maximum Gasteiger partial charge on any atom is 0.0431 e. The van der Waals surface area contributed by atoms with Crippen LogP contribution in [0.2, 0.25) is 0 Å². The van der Waals surface area contributed by atoms with Gasteiger partial charge in [0.25, 0.3) is 0 Å². The molecule has 0 amide bonds. The first kappa shape index (κ1) is 17.8. The lowest BCUT2D eigenvalue weighted by molar-refractivity contribution is 0.282. The third-order valence-corrected chi connectivity index (χ3v) is 4.52. The highest BCUT2D eigenvalue weighted by Gasteiger charge is 2.19. The van der Waals surface area contributed by atoms with Crippen molar-refractivity contribution < 1.29 is 5.11 Å². The van der Waals surface area contributed by atoms with Gasteiger partial charge >= 0.3 is 0 Å². The minimum atomic E-state index is 0.370. The van der Waals surface area contributed by atoms with Crippen LogP contribution in [0.4, 0.5) is 0 Å². The van der Waals surface area contributed by atoms with Crippen LogP contribution in [0.1, 0.15) is 103 Å². The van der Waals surface area contributed by atoms with E-state index in [2.05, 4.69) is 6.92 Å². The van der Waals surface area contributed by atoms with Crippen LogP contribution < -0.4 is 0 Å². The Kier molecular flexibility index (Phi) is 11.0. The summed E-state index contributed by atoms with van der Waals surface area (Å²) in [7, 11) is 0. The molecule has 0 unspecified atom stereocenters. The van der Waals surface area contributed by atoms with Crippen molar-refractivity contribution >= 4 is 0 Å². The lowest BCUT2D eigenvalue weighted by Crippen LogP contribution is -1.83. The molecule has 1 nitrogen and oxygen atoms in total. The summed E-state index contributed by atoms with van der Waals surface area (Å²) in [5, 5.41) is 8.70. The summed E-state index contributed by atoms with van der Waals surface area (Å²) in [4.78, 5) is 0. The van der Waals surface area contributed by atoms with Gasteiger partial charge in [-0.15, -0.1) is 0 Å². The van der Waals surface area contributed by atoms with Gasteiger partial charge in [-0.2, -0.15) is 0 Å². The molecule has 0 aliphatic heterocycles. The zero-order valence-corrected chi connectivity index (χ0v) is 13.8. The summed E-state index contributed by atoms with van der Waals surface area (Å²) in [5.74, 6) is 0. The van der Waals surface area contributed by atoms with E-state index in [1.54, 1.807) is 11.1 Å². The molecule has 0 bridgehead atoms. The van der Waals surface area contributed by atoms with E-state index in [9.17, 15) is 0 Å². The fourth-order valence-corrected chi connectivity index (χ4v) is 3.02. The number of hydrogen-bond donors (Lipinski definition) is 1. The Morgan fingerprint density at radius 1 is 0.650 bits per heavy atom. The van der Waals surface area contributed by atoms with Crippen LogP contribution in [0.3, 0.4) is 0 Å². The van der Waals surface area contributed by atoms with E-state index in [4.69, 9.17) is 5.11 Å². The third kappa shape index (κ3) is 9.58. The van der Waals surface area contributed by atoms with E-state index in [0.717, 1.165) is 6.42 Å². The molecular weight excluding hydrogens is 244 g/mol. The van der Waals surface area contributed by atoms with Crippen LogP contribution in [0.15, 0.2) is 11.1 Å². The van der Waals surface area contributed by atoms with Gasteiger partial charge in [-0.05, 0) is 38.5 Å². The van der Waals surface area contributed by atoms with Crippen LogP contribution in [-0.2, 0) is 0 Å². The Morgan fingerprint density at radius 3 is 1.60 bits per heavy atom. The molecule has 0 aromatic heterocycles. The second-order valence-corrected chi connectivity index (χ2v) is 6.50. The molecule has 0 saturated heterocycles. The van der Waals surface area contributed by atoms with Crippen molar-refractivity contribution in [2.45, 2.75) is 103 Å². The highest BCUT2D eigenvalue weighted by Crippen LogP contribution is 2.38. The van der Waals surface area contributed by atoms with E-state index in [1.807, 2.05) is 0 Å². The first-order valence-electron chi connectivity index (χ1n) is 9.19. The molecule has 1 rings (SSSR count). The van der Waals surface area contributed by atoms with Gasteiger partial charge in [0.1, 0.15) is 0 Å². The number of allylic oxidation sites excluding steroid dienone is 2. The van der Waals surface area contributed by atoms with Crippen LogP contribution in [0.5, 0.6) is 0 Å². The zero-order valence-electron chi connectivity index (χ0n) is 13.8. The number of aliphatic hydroxyl groups excluding tert-OH is 1. The fraction of sp³-hybridized carbons (Fsp3) is 0.895. The lowest BCUT2D eigenvalue weighted by atomic mass is 10.1. The first-order chi connectivity index (χ1) is 9.88. The molecule has 0 radical (unpaired) electrons. The molecule has 1 heteroatoms. The quantitative estimate of drug-likeness (QED) is 0.281. The first-order valence-corrected chi connectivity index (χ1v) is 9.19. The Bertz CT molecular complexity index is 254. The highest BCUT2D eigenvalue weighted by molar-refractivity contribution is 5.34. The molecule has 1 N–H and O–H groups in total.